The first kappa shape index (κ1) is 112. The van der Waals surface area contributed by atoms with Gasteiger partial charge in [-0.1, -0.05) is 439 Å². The molecule has 0 rings (SSSR count). The van der Waals surface area contributed by atoms with Gasteiger partial charge in [0.15, 0.2) is 0 Å². The topological polar surface area (TPSA) is 276 Å². The Morgan fingerprint density at radius 2 is 0.409 bits per heavy atom. The first-order valence-electron chi connectivity index (χ1n) is 49.2. The van der Waals surface area contributed by atoms with Gasteiger partial charge in [0.05, 0.1) is 78.2 Å². The zero-order valence-electron chi connectivity index (χ0n) is 76.0. The van der Waals surface area contributed by atoms with Crippen LogP contribution >= 0.6 is 0 Å². The molecule has 8 N–H and O–H groups in total. The van der Waals surface area contributed by atoms with E-state index < -0.39 is 69.0 Å². The van der Waals surface area contributed by atoms with Gasteiger partial charge in [0.1, 0.15) is 24.3 Å². The molecule has 0 aromatic rings. The SMILES string of the molecule is CCCCCCCCCCCCCCCCCCC(O)C(O)(CCCCCCCCCCCCCCCCCC)C(CCOCCOCC[N+](C)(C(=O)O)C(=O)O)OC(CCOCCOCC[N+](C)(C(=O)O)C(=O)O)C(O)(CCCCCCCCCCCCCCCCCC)C(O)CCCCCCCCCCCCCCCCCC. The summed E-state index contributed by atoms with van der Waals surface area (Å²) in [6.07, 6.45) is 67.4. The summed E-state index contributed by atoms with van der Waals surface area (Å²) in [5.74, 6) is 0. The molecule has 0 bridgehead atoms. The molecule has 0 aliphatic rings. The molecule has 115 heavy (non-hydrogen) atoms. The summed E-state index contributed by atoms with van der Waals surface area (Å²) >= 11 is 0. The Morgan fingerprint density at radius 3 is 0.591 bits per heavy atom. The lowest BCUT2D eigenvalue weighted by atomic mass is 9.78. The summed E-state index contributed by atoms with van der Waals surface area (Å²) in [4.78, 5) is 47.7. The fourth-order valence-electron chi connectivity index (χ4n) is 16.4. The number of aliphatic hydroxyl groups is 4. The number of rotatable bonds is 92. The van der Waals surface area contributed by atoms with Gasteiger partial charge in [-0.05, 0) is 38.5 Å². The third-order valence-corrected chi connectivity index (χ3v) is 25.0. The minimum atomic E-state index is -1.82. The van der Waals surface area contributed by atoms with Crippen molar-refractivity contribution in [3.63, 3.8) is 0 Å². The summed E-state index contributed by atoms with van der Waals surface area (Å²) in [7, 11) is 2.20. The predicted molar refractivity (Wildman–Crippen MR) is 474 cm³/mol. The number of quaternary nitrogens is 2. The first-order valence-corrected chi connectivity index (χ1v) is 49.2. The molecule has 0 fully saturated rings. The van der Waals surface area contributed by atoms with Crippen molar-refractivity contribution in [1.29, 1.82) is 0 Å². The van der Waals surface area contributed by atoms with E-state index in [0.29, 0.717) is 38.5 Å². The maximum absolute atomic E-state index is 13.8. The number of unbranched alkanes of at least 4 members (excludes halogenated alkanes) is 60. The van der Waals surface area contributed by atoms with Crippen LogP contribution < -0.4 is 0 Å². The molecule has 684 valence electrons. The molecule has 0 saturated heterocycles. The number of carbonyl (C=O) groups is 4. The van der Waals surface area contributed by atoms with Crippen molar-refractivity contribution >= 4 is 24.4 Å². The number of hydrogen-bond donors (Lipinski definition) is 8. The van der Waals surface area contributed by atoms with Crippen molar-refractivity contribution < 1.29 is 92.7 Å². The van der Waals surface area contributed by atoms with Crippen LogP contribution in [0, 0.1) is 0 Å². The molecule has 0 aromatic carbocycles. The minimum Gasteiger partial charge on any atom is -0.435 e. The molecular weight excluding hydrogens is 1450 g/mol. The number of imide groups is 2. The molecule has 0 heterocycles. The van der Waals surface area contributed by atoms with E-state index >= 15 is 0 Å². The molecule has 0 aromatic heterocycles. The van der Waals surface area contributed by atoms with E-state index in [4.69, 9.17) is 23.7 Å². The lowest BCUT2D eigenvalue weighted by Crippen LogP contribution is -2.60. The Kier molecular flexibility index (Phi) is 78.1. The van der Waals surface area contributed by atoms with Crippen LogP contribution in [0.5, 0.6) is 0 Å². The zero-order chi connectivity index (χ0) is 84.7. The minimum absolute atomic E-state index is 0.0297. The lowest BCUT2D eigenvalue weighted by molar-refractivity contribution is -0.764. The van der Waals surface area contributed by atoms with Crippen LogP contribution in [0.2, 0.25) is 0 Å². The summed E-state index contributed by atoms with van der Waals surface area (Å²) < 4.78 is 28.9. The summed E-state index contributed by atoms with van der Waals surface area (Å²) in [6.45, 7) is 8.39. The highest BCUT2D eigenvalue weighted by Crippen LogP contribution is 2.38. The average molecular weight is 1640 g/mol. The van der Waals surface area contributed by atoms with Crippen molar-refractivity contribution in [2.24, 2.45) is 0 Å². The standard InChI is InChI=1S/C96H188N2O17/c1-7-11-15-19-23-27-31-35-39-43-47-51-55-59-63-67-71-87(99)95(109,75-69-65-61-57-53-49-45-41-37-33-29-25-21-17-13-9-3)89(73-79-111-83-85-113-81-77-97(5,91(101)102)92(103)104)115-90(74-80-112-84-86-114-82-78-98(6,93(105)106)94(107)108)96(110,76-70-66-62-58-54-50-46-42-38-34-30-26-22-18-14-10-4)88(100)72-68-64-60-56-52-48-44-40-36-32-28-24-20-16-12-8-2/h87-90,99-100,109-110H,7-86H2,1-6H3,(H2-2,101,102,103,104,105,106,107,108)/p+2. The van der Waals surface area contributed by atoms with E-state index in [1.165, 1.54) is 295 Å². The number of carboxylic acid groups (broad SMARTS) is 4. The van der Waals surface area contributed by atoms with Crippen LogP contribution in [0.4, 0.5) is 19.2 Å². The van der Waals surface area contributed by atoms with Crippen molar-refractivity contribution in [3.05, 3.63) is 0 Å². The van der Waals surface area contributed by atoms with Gasteiger partial charge in [0.25, 0.3) is 0 Å². The third-order valence-electron chi connectivity index (χ3n) is 25.0. The Balaban J connectivity index is 7.33. The number of nitrogens with zero attached hydrogens (tertiary/aromatic N) is 2. The van der Waals surface area contributed by atoms with Gasteiger partial charge in [-0.25, -0.2) is 0 Å². The second-order valence-corrected chi connectivity index (χ2v) is 35.4. The number of likely N-dealkylation sites (N-methyl/N-ethyl adjacent to an activating group) is 2. The number of aliphatic hydroxyl groups excluding tert-OH is 2. The molecule has 6 atom stereocenters. The molecule has 19 heteroatoms. The molecule has 4 amide bonds. The maximum Gasteiger partial charge on any atom is 0.524 e. The molecular formula is C96H190N2O17+2. The normalized spacial score (nSPS) is 14.3. The van der Waals surface area contributed by atoms with Crippen LogP contribution in [0.25, 0.3) is 0 Å². The van der Waals surface area contributed by atoms with Gasteiger partial charge in [-0.15, -0.1) is 8.97 Å². The van der Waals surface area contributed by atoms with E-state index in [-0.39, 0.29) is 91.6 Å². The van der Waals surface area contributed by atoms with E-state index in [2.05, 4.69) is 27.7 Å². The van der Waals surface area contributed by atoms with Crippen LogP contribution in [0.15, 0.2) is 0 Å². The van der Waals surface area contributed by atoms with Crippen molar-refractivity contribution in [1.82, 2.24) is 0 Å². The average Bonchev–Trinajstić information content (AvgIpc) is 0.789. The fraction of sp³-hybridized carbons (Fsp3) is 0.958. The smallest absolute Gasteiger partial charge is 0.435 e. The third kappa shape index (κ3) is 61.4. The lowest BCUT2D eigenvalue weighted by Gasteiger charge is -2.46. The fourth-order valence-corrected chi connectivity index (χ4v) is 16.4. The second-order valence-electron chi connectivity index (χ2n) is 35.4. The Labute approximate surface area is 706 Å². The highest BCUT2D eigenvalue weighted by molar-refractivity contribution is 5.73. The summed E-state index contributed by atoms with van der Waals surface area (Å²) in [5.41, 5.74) is -3.64. The maximum atomic E-state index is 13.8. The molecule has 0 saturated carbocycles. The Hall–Kier alpha value is -2.56. The second kappa shape index (κ2) is 79.9. The molecule has 0 aliphatic heterocycles. The number of hydrogen-bond acceptors (Lipinski definition) is 13. The summed E-state index contributed by atoms with van der Waals surface area (Å²) in [5, 5.41) is 92.0. The predicted octanol–water partition coefficient (Wildman–Crippen LogP) is 27.0. The Morgan fingerprint density at radius 1 is 0.243 bits per heavy atom. The van der Waals surface area contributed by atoms with Crippen LogP contribution in [0.1, 0.15) is 477 Å². The molecule has 19 nitrogen and oxygen atoms in total. The highest BCUT2D eigenvalue weighted by Gasteiger charge is 2.50. The molecule has 6 unspecified atom stereocenters. The molecule has 0 aliphatic carbocycles. The first-order chi connectivity index (χ1) is 55.8. The van der Waals surface area contributed by atoms with E-state index in [1.807, 2.05) is 0 Å². The van der Waals surface area contributed by atoms with E-state index in [1.54, 1.807) is 0 Å². The van der Waals surface area contributed by atoms with Gasteiger partial charge in [-0.2, -0.15) is 19.2 Å². The van der Waals surface area contributed by atoms with Crippen molar-refractivity contribution in [2.45, 2.75) is 513 Å². The van der Waals surface area contributed by atoms with Crippen LogP contribution in [-0.4, -0.2) is 190 Å². The van der Waals surface area contributed by atoms with Crippen LogP contribution in [0.3, 0.4) is 0 Å². The van der Waals surface area contributed by atoms with Gasteiger partial charge in [0, 0.05) is 13.2 Å². The number of amides is 4. The molecule has 0 spiro atoms. The number of ether oxygens (including phenoxy) is 5. The highest BCUT2D eigenvalue weighted by atomic mass is 16.6. The van der Waals surface area contributed by atoms with Gasteiger partial charge in [-0.3, -0.25) is 0 Å². The van der Waals surface area contributed by atoms with Gasteiger partial charge >= 0.3 is 24.4 Å². The Bertz CT molecular complexity index is 1970. The largest absolute Gasteiger partial charge is 0.524 e. The van der Waals surface area contributed by atoms with Gasteiger partial charge < -0.3 is 64.5 Å². The monoisotopic (exact) mass is 1640 g/mol. The van der Waals surface area contributed by atoms with Crippen molar-refractivity contribution in [2.75, 3.05) is 80.0 Å². The zero-order valence-corrected chi connectivity index (χ0v) is 76.0. The summed E-state index contributed by atoms with van der Waals surface area (Å²) in [6, 6.07) is 0. The van der Waals surface area contributed by atoms with E-state index in [9.17, 15) is 60.0 Å². The van der Waals surface area contributed by atoms with Gasteiger partial charge in [0.2, 0.25) is 0 Å². The quantitative estimate of drug-likeness (QED) is 0.0208. The van der Waals surface area contributed by atoms with Crippen LogP contribution in [-0.2, 0) is 23.7 Å². The van der Waals surface area contributed by atoms with E-state index in [0.717, 1.165) is 104 Å². The van der Waals surface area contributed by atoms with Crippen molar-refractivity contribution in [3.8, 4) is 0 Å². The molecule has 0 radical (unpaired) electrons.